The van der Waals surface area contributed by atoms with Crippen LogP contribution in [0.1, 0.15) is 13.3 Å². The number of carboxylic acids is 3. The summed E-state index contributed by atoms with van der Waals surface area (Å²) < 4.78 is 43.8. The van der Waals surface area contributed by atoms with Crippen molar-refractivity contribution in [1.29, 1.82) is 0 Å². The Morgan fingerprint density at radius 2 is 1.41 bits per heavy atom. The van der Waals surface area contributed by atoms with E-state index in [2.05, 4.69) is 0 Å². The van der Waals surface area contributed by atoms with Gasteiger partial charge in [-0.05, 0) is 36.8 Å². The molecule has 54 heavy (non-hydrogen) atoms. The van der Waals surface area contributed by atoms with E-state index in [1.54, 1.807) is 30.0 Å². The highest BCUT2D eigenvalue weighted by Gasteiger charge is 2.38. The number of thioether (sulfide) groups is 2. The van der Waals surface area contributed by atoms with Crippen LogP contribution in [0.25, 0.3) is 10.5 Å². The number of allylic oxidation sites excluding steroid dienone is 1. The van der Waals surface area contributed by atoms with E-state index in [0.29, 0.717) is 59.7 Å². The van der Waals surface area contributed by atoms with Crippen LogP contribution in [0.15, 0.2) is 37.7 Å². The highest BCUT2D eigenvalue weighted by Crippen LogP contribution is 2.50. The van der Waals surface area contributed by atoms with Crippen molar-refractivity contribution >= 4 is 102 Å². The van der Waals surface area contributed by atoms with Crippen molar-refractivity contribution in [2.75, 3.05) is 38.0 Å². The monoisotopic (exact) mass is 844 g/mol. The number of anilines is 1. The molecule has 24 heteroatoms. The van der Waals surface area contributed by atoms with Gasteiger partial charge >= 0.3 is 17.9 Å². The number of fused-ring (bicyclic) bond motifs is 1. The largest absolute Gasteiger partial charge is 0.493 e. The third-order valence-corrected chi connectivity index (χ3v) is 13.2. The van der Waals surface area contributed by atoms with Crippen LogP contribution < -0.4 is 34.7 Å². The molecular weight excluding hydrogens is 817 g/mol. The topological polar surface area (TPSA) is 269 Å². The van der Waals surface area contributed by atoms with Gasteiger partial charge in [0.05, 0.1) is 35.2 Å². The molecule has 0 unspecified atom stereocenters. The highest BCUT2D eigenvalue weighted by atomic mass is 32.2. The van der Waals surface area contributed by atoms with E-state index in [-0.39, 0.29) is 36.9 Å². The third-order valence-electron chi connectivity index (χ3n) is 7.60. The number of carboxylic acid groups (broad SMARTS) is 3. The van der Waals surface area contributed by atoms with Gasteiger partial charge in [-0.3, -0.25) is 52.1 Å². The highest BCUT2D eigenvalue weighted by molar-refractivity contribution is 8.23. The van der Waals surface area contributed by atoms with Gasteiger partial charge in [-0.15, -0.1) is 22.7 Å². The minimum atomic E-state index is -4.29. The lowest BCUT2D eigenvalue weighted by atomic mass is 10.2. The zero-order valence-corrected chi connectivity index (χ0v) is 32.2. The summed E-state index contributed by atoms with van der Waals surface area (Å²) >= 11 is 2.78. The summed E-state index contributed by atoms with van der Waals surface area (Å²) in [6.45, 7) is -1.26. The van der Waals surface area contributed by atoms with E-state index < -0.39 is 80.6 Å². The van der Waals surface area contributed by atoms with Crippen molar-refractivity contribution in [3.8, 4) is 11.5 Å². The maximum atomic E-state index is 13.9. The Morgan fingerprint density at radius 3 is 1.98 bits per heavy atom. The van der Waals surface area contributed by atoms with Gasteiger partial charge < -0.3 is 29.7 Å². The first-order valence-corrected chi connectivity index (χ1v) is 20.0. The van der Waals surface area contributed by atoms with Gasteiger partial charge in [-0.1, -0.05) is 11.8 Å². The quantitative estimate of drug-likeness (QED) is 0.170. The van der Waals surface area contributed by atoms with Gasteiger partial charge in [0.15, 0.2) is 11.5 Å². The number of hydrogen-bond donors (Lipinski definition) is 4. The van der Waals surface area contributed by atoms with Crippen LogP contribution in [0, 0.1) is 9.20 Å². The lowest BCUT2D eigenvalue weighted by Gasteiger charge is -2.21. The van der Waals surface area contributed by atoms with Crippen LogP contribution in [0.4, 0.5) is 10.5 Å². The summed E-state index contributed by atoms with van der Waals surface area (Å²) in [7, 11) is -1.41. The van der Waals surface area contributed by atoms with Crippen molar-refractivity contribution in [2.24, 2.45) is 0 Å². The van der Waals surface area contributed by atoms with Crippen molar-refractivity contribution in [3.63, 3.8) is 0 Å². The van der Waals surface area contributed by atoms with Gasteiger partial charge in [0.1, 0.15) is 38.4 Å². The molecule has 0 atom stereocenters. The predicted molar refractivity (Wildman–Crippen MR) is 196 cm³/mol. The van der Waals surface area contributed by atoms with Crippen LogP contribution in [0.3, 0.4) is 0 Å². The van der Waals surface area contributed by atoms with Crippen LogP contribution in [-0.4, -0.2) is 104 Å². The number of thiazole rings is 2. The molecule has 1 fully saturated rings. The molecule has 4 N–H and O–H groups in total. The van der Waals surface area contributed by atoms with Gasteiger partial charge in [-0.25, -0.2) is 0 Å². The molecular formula is C30H28N4O15S5. The predicted octanol–water partition coefficient (Wildman–Crippen LogP) is 0.397. The zero-order chi connectivity index (χ0) is 39.8. The molecule has 3 aromatic rings. The van der Waals surface area contributed by atoms with Crippen molar-refractivity contribution in [3.05, 3.63) is 62.3 Å². The third kappa shape index (κ3) is 8.27. The molecule has 2 amide bonds. The van der Waals surface area contributed by atoms with E-state index in [4.69, 9.17) is 14.6 Å². The van der Waals surface area contributed by atoms with Gasteiger partial charge in [0.25, 0.3) is 32.4 Å². The number of amides is 2. The fourth-order valence-corrected chi connectivity index (χ4v) is 10.4. The number of rotatable bonds is 13. The van der Waals surface area contributed by atoms with Crippen molar-refractivity contribution < 1.29 is 61.7 Å². The summed E-state index contributed by atoms with van der Waals surface area (Å²) in [5.41, 5.74) is -0.947. The van der Waals surface area contributed by atoms with Gasteiger partial charge in [-0.2, -0.15) is 8.42 Å². The Balaban J connectivity index is 1.78. The lowest BCUT2D eigenvalue weighted by molar-refractivity contribution is -0.140. The van der Waals surface area contributed by atoms with E-state index in [1.165, 1.54) is 26.0 Å². The Hall–Kier alpha value is -4.88. The molecule has 2 aliphatic rings. The molecule has 0 bridgehead atoms. The average Bonchev–Trinajstić information content (AvgIpc) is 3.77. The number of methoxy groups -OCH3 is 2. The molecule has 5 rings (SSSR count). The number of nitrogens with zero attached hydrogens (tertiary/aromatic N) is 4. The van der Waals surface area contributed by atoms with E-state index in [0.717, 1.165) is 15.9 Å². The second-order valence-corrected chi connectivity index (χ2v) is 16.9. The molecule has 0 saturated carbocycles. The summed E-state index contributed by atoms with van der Waals surface area (Å²) in [6, 6.07) is 3.37. The first kappa shape index (κ1) is 40.3. The molecule has 1 aromatic carbocycles. The molecule has 19 nitrogen and oxygen atoms in total. The molecule has 4 heterocycles. The second-order valence-electron chi connectivity index (χ2n) is 11.3. The number of imide groups is 1. The van der Waals surface area contributed by atoms with E-state index in [9.17, 15) is 56.7 Å². The summed E-state index contributed by atoms with van der Waals surface area (Å²) in [4.78, 5) is 90.7. The minimum absolute atomic E-state index is 0.000916. The summed E-state index contributed by atoms with van der Waals surface area (Å²) in [6.07, 6.45) is 1.59. The van der Waals surface area contributed by atoms with E-state index >= 15 is 0 Å². The van der Waals surface area contributed by atoms with Crippen LogP contribution >= 0.6 is 46.2 Å². The van der Waals surface area contributed by atoms with Gasteiger partial charge in [0.2, 0.25) is 0 Å². The number of ether oxygens (including phenoxy) is 2. The number of hydrogen-bond acceptors (Lipinski definition) is 16. The first-order valence-electron chi connectivity index (χ1n) is 15.1. The fraction of sp³-hybridized carbons (Fsp3) is 0.300. The Labute approximate surface area is 319 Å². The summed E-state index contributed by atoms with van der Waals surface area (Å²) in [5, 5.41) is 28.0. The number of aromatic nitrogens is 2. The zero-order valence-electron chi connectivity index (χ0n) is 28.1. The fourth-order valence-electron chi connectivity index (χ4n) is 5.32. The first-order chi connectivity index (χ1) is 25.3. The molecule has 2 aliphatic heterocycles. The number of carbonyl (C=O) groups is 5. The molecule has 2 aromatic heterocycles. The standard InChI is InChI=1S/C30H28N4O15S5/c1-13(7-18-31(5-4-6-54(45,46)47)14-8-15(48-2)16(49-3)9-17(14)50-18)22-25(41)32(10-19(35)36)28(51-22)23-26(42)33(11-20(37)38)29(52-23)24-27(43)34(12-21(39)40)30(44)53-24/h7-9H,4-6,10-12H2,1-3H3,(H,35,36)(H,37,38)(H,39,40)(H,45,46,47)/b18-7?,22-13+,28-23+,29-24+. The number of aliphatic carboxylic acids is 3. The minimum Gasteiger partial charge on any atom is -0.493 e. The molecule has 0 spiro atoms. The van der Waals surface area contributed by atoms with Crippen molar-refractivity contribution in [2.45, 2.75) is 31.3 Å². The number of carbonyl (C=O) groups excluding carboxylic acids is 2. The van der Waals surface area contributed by atoms with E-state index in [1.807, 2.05) is 0 Å². The SMILES string of the molecule is COc1cc2c(cc1OC)N(CCCS(=O)(=O)O)C(=C/C(C)=c1/s/c(=c3/s/c(=C4/SC(=O)N(CC(=O)O)C4=O)n(CC(=O)O)c3=O)n(CC(=O)O)c1=O)S2. The van der Waals surface area contributed by atoms with Crippen LogP contribution in [0.2, 0.25) is 0 Å². The van der Waals surface area contributed by atoms with Crippen LogP contribution in [-0.2, 0) is 42.4 Å². The van der Waals surface area contributed by atoms with Crippen LogP contribution in [0.5, 0.6) is 11.5 Å². The van der Waals surface area contributed by atoms with Gasteiger partial charge in [0, 0.05) is 23.6 Å². The molecule has 1 saturated heterocycles. The maximum absolute atomic E-state index is 13.9. The summed E-state index contributed by atoms with van der Waals surface area (Å²) in [5.74, 6) is -5.32. The molecule has 0 radical (unpaired) electrons. The Morgan fingerprint density at radius 1 is 0.815 bits per heavy atom. The smallest absolute Gasteiger partial charge is 0.323 e. The molecule has 288 valence electrons. The van der Waals surface area contributed by atoms with Crippen molar-refractivity contribution in [1.82, 2.24) is 14.0 Å². The average molecular weight is 845 g/mol. The number of benzene rings is 1. The lowest BCUT2D eigenvalue weighted by Crippen LogP contribution is -2.35. The second kappa shape index (κ2) is 15.8. The normalized spacial score (nSPS) is 17.3. The maximum Gasteiger partial charge on any atom is 0.323 e. The molecule has 0 aliphatic carbocycles. The Kier molecular flexibility index (Phi) is 11.8. The Bertz CT molecular complexity index is 2620.